The molecule has 1 aromatic carbocycles. The Morgan fingerprint density at radius 1 is 1.13 bits per heavy atom. The highest BCUT2D eigenvalue weighted by Crippen LogP contribution is 2.29. The zero-order valence-corrected chi connectivity index (χ0v) is 12.9. The number of aromatic nitrogens is 1. The minimum atomic E-state index is 0.0879. The van der Waals surface area contributed by atoms with E-state index < -0.39 is 0 Å². The van der Waals surface area contributed by atoms with Gasteiger partial charge >= 0.3 is 0 Å². The third kappa shape index (κ3) is 3.00. The van der Waals surface area contributed by atoms with Crippen molar-refractivity contribution >= 4 is 11.0 Å². The molecule has 0 spiro atoms. The fourth-order valence-corrected chi connectivity index (χ4v) is 3.28. The zero-order chi connectivity index (χ0) is 15.5. The Morgan fingerprint density at radius 3 is 2.91 bits per heavy atom. The maximum atomic E-state index is 6.02. The highest BCUT2D eigenvalue weighted by atomic mass is 16.5. The van der Waals surface area contributed by atoms with Gasteiger partial charge in [-0.15, -0.1) is 0 Å². The summed E-state index contributed by atoms with van der Waals surface area (Å²) in [5.41, 5.74) is 3.32. The molecule has 1 fully saturated rings. The summed E-state index contributed by atoms with van der Waals surface area (Å²) in [7, 11) is 0. The highest BCUT2D eigenvalue weighted by Gasteiger charge is 2.27. The molecule has 4 nitrogen and oxygen atoms in total. The van der Waals surface area contributed by atoms with Gasteiger partial charge in [-0.05, 0) is 36.6 Å². The van der Waals surface area contributed by atoms with Gasteiger partial charge in [0.1, 0.15) is 5.58 Å². The number of furan rings is 1. The molecule has 2 atom stereocenters. The van der Waals surface area contributed by atoms with Crippen LogP contribution in [0.2, 0.25) is 0 Å². The van der Waals surface area contributed by atoms with Gasteiger partial charge in [0, 0.05) is 42.5 Å². The van der Waals surface area contributed by atoms with Crippen LogP contribution >= 0.6 is 0 Å². The van der Waals surface area contributed by atoms with E-state index in [4.69, 9.17) is 9.15 Å². The Bertz CT molecular complexity index is 769. The van der Waals surface area contributed by atoms with Crippen molar-refractivity contribution in [3.63, 3.8) is 0 Å². The monoisotopic (exact) mass is 308 g/mol. The van der Waals surface area contributed by atoms with Crippen LogP contribution in [0.3, 0.4) is 0 Å². The van der Waals surface area contributed by atoms with E-state index in [0.717, 1.165) is 31.6 Å². The lowest BCUT2D eigenvalue weighted by atomic mass is 9.96. The van der Waals surface area contributed by atoms with Gasteiger partial charge < -0.3 is 14.5 Å². The zero-order valence-electron chi connectivity index (χ0n) is 12.9. The van der Waals surface area contributed by atoms with E-state index in [1.54, 1.807) is 0 Å². The van der Waals surface area contributed by atoms with E-state index in [0.29, 0.717) is 6.04 Å². The van der Waals surface area contributed by atoms with Gasteiger partial charge in [-0.1, -0.05) is 18.2 Å². The second kappa shape index (κ2) is 6.52. The molecule has 1 aliphatic heterocycles. The van der Waals surface area contributed by atoms with Crippen molar-refractivity contribution in [3.05, 3.63) is 66.2 Å². The second-order valence-corrected chi connectivity index (χ2v) is 5.96. The number of ether oxygens (including phenoxy) is 1. The molecular weight excluding hydrogens is 288 g/mol. The Balaban J connectivity index is 1.50. The number of benzene rings is 1. The standard InChI is InChI=1S/C19H20N2O2/c1-2-6-18-16(4-1)15(13-23-18)12-21-17-5-3-11-22-19(17)14-7-9-20-10-8-14/h1-2,4,6-10,13,17,19,21H,3,5,11-12H2/t17-,19+/m0/s1. The molecule has 0 radical (unpaired) electrons. The van der Waals surface area contributed by atoms with Crippen LogP contribution < -0.4 is 5.32 Å². The van der Waals surface area contributed by atoms with Crippen LogP contribution in [0.15, 0.2) is 59.5 Å². The number of fused-ring (bicyclic) bond motifs is 1. The van der Waals surface area contributed by atoms with Crippen LogP contribution in [-0.4, -0.2) is 17.6 Å². The van der Waals surface area contributed by atoms with Crippen LogP contribution in [0.25, 0.3) is 11.0 Å². The quantitative estimate of drug-likeness (QED) is 0.795. The average molecular weight is 308 g/mol. The van der Waals surface area contributed by atoms with E-state index in [9.17, 15) is 0 Å². The SMILES string of the molecule is c1ccc2c(CN[C@H]3CCCO[C@@H]3c3ccncc3)coc2c1. The fraction of sp³-hybridized carbons (Fsp3) is 0.316. The number of hydrogen-bond donors (Lipinski definition) is 1. The molecule has 0 amide bonds. The molecule has 1 N–H and O–H groups in total. The lowest BCUT2D eigenvalue weighted by molar-refractivity contribution is -0.0112. The molecule has 4 heteroatoms. The molecule has 4 rings (SSSR count). The van der Waals surface area contributed by atoms with Gasteiger partial charge in [-0.25, -0.2) is 0 Å². The van der Waals surface area contributed by atoms with Gasteiger partial charge in [-0.2, -0.15) is 0 Å². The van der Waals surface area contributed by atoms with Gasteiger partial charge in [0.25, 0.3) is 0 Å². The summed E-state index contributed by atoms with van der Waals surface area (Å²) in [6.07, 6.45) is 7.80. The molecule has 2 aromatic heterocycles. The Kier molecular flexibility index (Phi) is 4.09. The smallest absolute Gasteiger partial charge is 0.134 e. The van der Waals surface area contributed by atoms with Gasteiger partial charge in [-0.3, -0.25) is 4.98 Å². The summed E-state index contributed by atoms with van der Waals surface area (Å²) < 4.78 is 11.6. The number of pyridine rings is 1. The summed E-state index contributed by atoms with van der Waals surface area (Å²) in [5, 5.41) is 4.84. The summed E-state index contributed by atoms with van der Waals surface area (Å²) in [6, 6.07) is 12.5. The normalized spacial score (nSPS) is 21.6. The Hall–Kier alpha value is -2.17. The lowest BCUT2D eigenvalue weighted by Crippen LogP contribution is -2.39. The average Bonchev–Trinajstić information content (AvgIpc) is 3.04. The van der Waals surface area contributed by atoms with Crippen LogP contribution in [0.1, 0.15) is 30.1 Å². The topological polar surface area (TPSA) is 47.3 Å². The van der Waals surface area contributed by atoms with Crippen LogP contribution in [0.5, 0.6) is 0 Å². The molecule has 3 aromatic rings. The molecule has 3 heterocycles. The molecule has 118 valence electrons. The molecule has 0 saturated carbocycles. The first-order valence-electron chi connectivity index (χ1n) is 8.12. The van der Waals surface area contributed by atoms with Gasteiger partial charge in [0.05, 0.1) is 12.4 Å². The number of hydrogen-bond acceptors (Lipinski definition) is 4. The molecule has 1 aliphatic rings. The van der Waals surface area contributed by atoms with Crippen molar-refractivity contribution < 1.29 is 9.15 Å². The largest absolute Gasteiger partial charge is 0.464 e. The van der Waals surface area contributed by atoms with Crippen molar-refractivity contribution in [2.75, 3.05) is 6.61 Å². The van der Waals surface area contributed by atoms with E-state index in [1.807, 2.05) is 49.0 Å². The predicted molar refractivity (Wildman–Crippen MR) is 89.0 cm³/mol. The summed E-state index contributed by atoms with van der Waals surface area (Å²) >= 11 is 0. The third-order valence-corrected chi connectivity index (χ3v) is 4.47. The minimum absolute atomic E-state index is 0.0879. The Labute approximate surface area is 135 Å². The maximum Gasteiger partial charge on any atom is 0.134 e. The first kappa shape index (κ1) is 14.4. The molecule has 0 bridgehead atoms. The molecule has 0 aliphatic carbocycles. The maximum absolute atomic E-state index is 6.02. The Morgan fingerprint density at radius 2 is 2.00 bits per heavy atom. The van der Waals surface area contributed by atoms with Crippen molar-refractivity contribution in [2.45, 2.75) is 31.5 Å². The molecule has 0 unspecified atom stereocenters. The van der Waals surface area contributed by atoms with Gasteiger partial charge in [0.15, 0.2) is 0 Å². The van der Waals surface area contributed by atoms with Crippen molar-refractivity contribution in [1.29, 1.82) is 0 Å². The molecule has 1 saturated heterocycles. The molecule has 23 heavy (non-hydrogen) atoms. The van der Waals surface area contributed by atoms with Crippen molar-refractivity contribution in [3.8, 4) is 0 Å². The summed E-state index contributed by atoms with van der Waals surface area (Å²) in [6.45, 7) is 1.60. The minimum Gasteiger partial charge on any atom is -0.464 e. The number of para-hydroxylation sites is 1. The van der Waals surface area contributed by atoms with Crippen molar-refractivity contribution in [2.24, 2.45) is 0 Å². The van der Waals surface area contributed by atoms with E-state index in [1.165, 1.54) is 16.5 Å². The van der Waals surface area contributed by atoms with E-state index in [2.05, 4.69) is 16.4 Å². The van der Waals surface area contributed by atoms with Gasteiger partial charge in [0.2, 0.25) is 0 Å². The second-order valence-electron chi connectivity index (χ2n) is 5.96. The number of nitrogens with zero attached hydrogens (tertiary/aromatic N) is 1. The van der Waals surface area contributed by atoms with Crippen LogP contribution in [0.4, 0.5) is 0 Å². The highest BCUT2D eigenvalue weighted by molar-refractivity contribution is 5.80. The van der Waals surface area contributed by atoms with Crippen molar-refractivity contribution in [1.82, 2.24) is 10.3 Å². The van der Waals surface area contributed by atoms with E-state index >= 15 is 0 Å². The lowest BCUT2D eigenvalue weighted by Gasteiger charge is -2.32. The predicted octanol–water partition coefficient (Wildman–Crippen LogP) is 3.84. The summed E-state index contributed by atoms with van der Waals surface area (Å²) in [4.78, 5) is 4.10. The summed E-state index contributed by atoms with van der Waals surface area (Å²) in [5.74, 6) is 0. The van der Waals surface area contributed by atoms with Crippen LogP contribution in [0, 0.1) is 0 Å². The number of rotatable bonds is 4. The third-order valence-electron chi connectivity index (χ3n) is 4.47. The number of nitrogens with one attached hydrogen (secondary N) is 1. The van der Waals surface area contributed by atoms with Crippen LogP contribution in [-0.2, 0) is 11.3 Å². The van der Waals surface area contributed by atoms with E-state index in [-0.39, 0.29) is 6.10 Å². The molecular formula is C19H20N2O2. The fourth-order valence-electron chi connectivity index (χ4n) is 3.28. The first-order valence-corrected chi connectivity index (χ1v) is 8.12. The first-order chi connectivity index (χ1) is 11.4.